The summed E-state index contributed by atoms with van der Waals surface area (Å²) in [4.78, 5) is 24.6. The molecule has 0 spiro atoms. The Morgan fingerprint density at radius 1 is 1.11 bits per heavy atom. The van der Waals surface area contributed by atoms with Gasteiger partial charge in [0.2, 0.25) is 0 Å². The molecule has 3 amide bonds. The highest BCUT2D eigenvalue weighted by Gasteiger charge is 2.33. The van der Waals surface area contributed by atoms with Crippen molar-refractivity contribution in [2.24, 2.45) is 0 Å². The van der Waals surface area contributed by atoms with Gasteiger partial charge in [0.25, 0.3) is 5.91 Å². The summed E-state index contributed by atoms with van der Waals surface area (Å²) in [5.74, 6) is -1.40. The lowest BCUT2D eigenvalue weighted by molar-refractivity contribution is -0.137. The molecular weight excluding hydrogens is 378 g/mol. The number of halogens is 4. The number of benzene rings is 2. The lowest BCUT2D eigenvalue weighted by Crippen LogP contribution is -2.46. The summed E-state index contributed by atoms with van der Waals surface area (Å²) in [5, 5.41) is 7.26. The van der Waals surface area contributed by atoms with E-state index in [2.05, 4.69) is 16.0 Å². The molecule has 0 aliphatic carbocycles. The monoisotopic (exact) mass is 393 g/mol. The highest BCUT2D eigenvalue weighted by atomic mass is 19.4. The van der Waals surface area contributed by atoms with E-state index in [9.17, 15) is 27.2 Å². The molecule has 3 rings (SSSR count). The maximum absolute atomic E-state index is 14.2. The number of alkyl halides is 3. The molecule has 28 heavy (non-hydrogen) atoms. The second-order valence-corrected chi connectivity index (χ2v) is 6.12. The Labute approximate surface area is 157 Å². The van der Waals surface area contributed by atoms with Crippen LogP contribution in [0.2, 0.25) is 0 Å². The average Bonchev–Trinajstić information content (AvgIpc) is 2.60. The summed E-state index contributed by atoms with van der Waals surface area (Å²) in [6.07, 6.45) is -4.56. The van der Waals surface area contributed by atoms with E-state index in [1.807, 2.05) is 0 Å². The smallest absolute Gasteiger partial charge is 0.327 e. The standard InChI is InChI=1S/C19H15F4N3O2/c1-10-15(16(26-18(28)24-10)13-7-2-3-8-14(13)20)17(27)25-12-6-4-5-11(9-12)19(21,22)23/h2-9,16H,1H3,(H,25,27)(H2,24,26,28)/t16-/m0/s1. The van der Waals surface area contributed by atoms with Crippen molar-refractivity contribution in [3.05, 3.63) is 76.7 Å². The fourth-order valence-corrected chi connectivity index (χ4v) is 2.91. The fraction of sp³-hybridized carbons (Fsp3) is 0.158. The van der Waals surface area contributed by atoms with Crippen LogP contribution >= 0.6 is 0 Å². The van der Waals surface area contributed by atoms with Crippen molar-refractivity contribution in [1.29, 1.82) is 0 Å². The first-order chi connectivity index (χ1) is 13.2. The number of carbonyl (C=O) groups excluding carboxylic acids is 2. The van der Waals surface area contributed by atoms with Crippen LogP contribution < -0.4 is 16.0 Å². The first-order valence-corrected chi connectivity index (χ1v) is 8.18. The maximum Gasteiger partial charge on any atom is 0.416 e. The molecule has 0 radical (unpaired) electrons. The van der Waals surface area contributed by atoms with Gasteiger partial charge in [0.15, 0.2) is 0 Å². The maximum atomic E-state index is 14.2. The fourth-order valence-electron chi connectivity index (χ4n) is 2.91. The van der Waals surface area contributed by atoms with Crippen LogP contribution in [0.3, 0.4) is 0 Å². The molecule has 0 bridgehead atoms. The molecule has 0 aromatic heterocycles. The summed E-state index contributed by atoms with van der Waals surface area (Å²) < 4.78 is 52.8. The van der Waals surface area contributed by atoms with Gasteiger partial charge in [-0.15, -0.1) is 0 Å². The molecule has 0 saturated carbocycles. The van der Waals surface area contributed by atoms with Gasteiger partial charge in [0, 0.05) is 16.9 Å². The van der Waals surface area contributed by atoms with Gasteiger partial charge < -0.3 is 16.0 Å². The molecule has 1 atom stereocenters. The Morgan fingerprint density at radius 3 is 2.50 bits per heavy atom. The lowest BCUT2D eigenvalue weighted by Gasteiger charge is -2.29. The molecule has 2 aromatic carbocycles. The molecule has 2 aromatic rings. The van der Waals surface area contributed by atoms with Crippen molar-refractivity contribution in [3.63, 3.8) is 0 Å². The molecule has 3 N–H and O–H groups in total. The van der Waals surface area contributed by atoms with Crippen molar-refractivity contribution >= 4 is 17.6 Å². The van der Waals surface area contributed by atoms with E-state index in [0.717, 1.165) is 18.2 Å². The zero-order valence-corrected chi connectivity index (χ0v) is 14.5. The lowest BCUT2D eigenvalue weighted by atomic mass is 9.94. The molecule has 5 nitrogen and oxygen atoms in total. The number of amides is 3. The molecule has 1 aliphatic heterocycles. The molecule has 0 fully saturated rings. The average molecular weight is 393 g/mol. The van der Waals surface area contributed by atoms with Gasteiger partial charge in [0.05, 0.1) is 17.2 Å². The second-order valence-electron chi connectivity index (χ2n) is 6.12. The van der Waals surface area contributed by atoms with Crippen molar-refractivity contribution < 1.29 is 27.2 Å². The van der Waals surface area contributed by atoms with Crippen LogP contribution in [0.1, 0.15) is 24.1 Å². The van der Waals surface area contributed by atoms with Gasteiger partial charge in [-0.05, 0) is 31.2 Å². The quantitative estimate of drug-likeness (QED) is 0.687. The van der Waals surface area contributed by atoms with Crippen molar-refractivity contribution in [3.8, 4) is 0 Å². The van der Waals surface area contributed by atoms with E-state index >= 15 is 0 Å². The van der Waals surface area contributed by atoms with Crippen LogP contribution in [0.25, 0.3) is 0 Å². The minimum atomic E-state index is -4.56. The van der Waals surface area contributed by atoms with Gasteiger partial charge in [-0.25, -0.2) is 9.18 Å². The van der Waals surface area contributed by atoms with Gasteiger partial charge in [-0.3, -0.25) is 4.79 Å². The van der Waals surface area contributed by atoms with Gasteiger partial charge in [0.1, 0.15) is 5.82 Å². The van der Waals surface area contributed by atoms with E-state index in [-0.39, 0.29) is 22.5 Å². The zero-order valence-electron chi connectivity index (χ0n) is 14.5. The SMILES string of the molecule is CC1=C(C(=O)Nc2cccc(C(F)(F)F)c2)[C@H](c2ccccc2F)NC(=O)N1. The molecule has 0 saturated heterocycles. The van der Waals surface area contributed by atoms with Gasteiger partial charge in [-0.1, -0.05) is 24.3 Å². The van der Waals surface area contributed by atoms with E-state index in [1.54, 1.807) is 6.07 Å². The summed E-state index contributed by atoms with van der Waals surface area (Å²) >= 11 is 0. The number of rotatable bonds is 3. The molecular formula is C19H15F4N3O2. The summed E-state index contributed by atoms with van der Waals surface area (Å²) in [7, 11) is 0. The first-order valence-electron chi connectivity index (χ1n) is 8.18. The Bertz CT molecular complexity index is 970. The molecule has 146 valence electrons. The van der Waals surface area contributed by atoms with Crippen LogP contribution in [0.15, 0.2) is 59.8 Å². The Hall–Kier alpha value is -3.36. The van der Waals surface area contributed by atoms with Crippen LogP contribution in [0.4, 0.5) is 28.0 Å². The zero-order chi connectivity index (χ0) is 20.5. The number of hydrogen-bond acceptors (Lipinski definition) is 2. The molecule has 9 heteroatoms. The van der Waals surface area contributed by atoms with Crippen LogP contribution in [-0.2, 0) is 11.0 Å². The second kappa shape index (κ2) is 7.34. The van der Waals surface area contributed by atoms with Crippen LogP contribution in [-0.4, -0.2) is 11.9 Å². The molecule has 1 heterocycles. The number of carbonyl (C=O) groups is 2. The van der Waals surface area contributed by atoms with Crippen molar-refractivity contribution in [1.82, 2.24) is 10.6 Å². The summed E-state index contributed by atoms with van der Waals surface area (Å²) in [5.41, 5.74) is -0.782. The summed E-state index contributed by atoms with van der Waals surface area (Å²) in [6, 6.07) is 8.01. The third-order valence-electron chi connectivity index (χ3n) is 4.18. The van der Waals surface area contributed by atoms with Crippen molar-refractivity contribution in [2.75, 3.05) is 5.32 Å². The Kier molecular flexibility index (Phi) is 5.08. The predicted molar refractivity (Wildman–Crippen MR) is 93.6 cm³/mol. The van der Waals surface area contributed by atoms with E-state index in [0.29, 0.717) is 0 Å². The number of allylic oxidation sites excluding steroid dienone is 1. The van der Waals surface area contributed by atoms with E-state index in [1.165, 1.54) is 31.2 Å². The van der Waals surface area contributed by atoms with Crippen molar-refractivity contribution in [2.45, 2.75) is 19.1 Å². The minimum absolute atomic E-state index is 0.0119. The third-order valence-corrected chi connectivity index (χ3v) is 4.18. The van der Waals surface area contributed by atoms with E-state index in [4.69, 9.17) is 0 Å². The predicted octanol–water partition coefficient (Wildman–Crippen LogP) is 4.11. The number of anilines is 1. The number of urea groups is 1. The molecule has 0 unspecified atom stereocenters. The minimum Gasteiger partial charge on any atom is -0.327 e. The summed E-state index contributed by atoms with van der Waals surface area (Å²) in [6.45, 7) is 1.45. The molecule has 1 aliphatic rings. The van der Waals surface area contributed by atoms with Crippen LogP contribution in [0.5, 0.6) is 0 Å². The largest absolute Gasteiger partial charge is 0.416 e. The number of hydrogen-bond donors (Lipinski definition) is 3. The third kappa shape index (κ3) is 3.98. The van der Waals surface area contributed by atoms with Crippen LogP contribution in [0, 0.1) is 5.82 Å². The Balaban J connectivity index is 1.95. The highest BCUT2D eigenvalue weighted by Crippen LogP contribution is 2.32. The topological polar surface area (TPSA) is 70.2 Å². The highest BCUT2D eigenvalue weighted by molar-refractivity contribution is 6.06. The number of nitrogens with one attached hydrogen (secondary N) is 3. The van der Waals surface area contributed by atoms with Gasteiger partial charge in [-0.2, -0.15) is 13.2 Å². The Morgan fingerprint density at radius 2 is 1.82 bits per heavy atom. The van der Waals surface area contributed by atoms with Gasteiger partial charge >= 0.3 is 12.2 Å². The van der Waals surface area contributed by atoms with E-state index < -0.39 is 35.5 Å². The normalized spacial score (nSPS) is 17.0. The first kappa shape index (κ1) is 19.4.